The van der Waals surface area contributed by atoms with Crippen molar-refractivity contribution in [2.75, 3.05) is 24.5 Å². The summed E-state index contributed by atoms with van der Waals surface area (Å²) in [5.41, 5.74) is 3.05. The van der Waals surface area contributed by atoms with Crippen LogP contribution in [0.15, 0.2) is 59.7 Å². The van der Waals surface area contributed by atoms with Gasteiger partial charge in [-0.25, -0.2) is 0 Å². The Morgan fingerprint density at radius 2 is 1.56 bits per heavy atom. The third kappa shape index (κ3) is 6.81. The predicted octanol–water partition coefficient (Wildman–Crippen LogP) is 2.52. The molecule has 0 radical (unpaired) electrons. The van der Waals surface area contributed by atoms with Crippen LogP contribution in [0.3, 0.4) is 0 Å². The molecule has 0 amide bonds. The van der Waals surface area contributed by atoms with Gasteiger partial charge in [0, 0.05) is 18.8 Å². The van der Waals surface area contributed by atoms with Crippen molar-refractivity contribution in [1.29, 1.82) is 0 Å². The molecule has 0 aliphatic heterocycles. The first-order valence-corrected chi connectivity index (χ1v) is 8.59. The Balaban J connectivity index is 2.06. The normalized spacial score (nSPS) is 10.7. The minimum Gasteiger partial charge on any atom is -0.480 e. The van der Waals surface area contributed by atoms with Gasteiger partial charge < -0.3 is 15.1 Å². The number of benzene rings is 2. The van der Waals surface area contributed by atoms with Crippen molar-refractivity contribution in [3.05, 3.63) is 65.7 Å². The SMILES string of the molecule is CCN(Cc1ccccc1)c1ccc(/C=N\N(CC(=O)O)CC(=O)O)cc1. The van der Waals surface area contributed by atoms with Gasteiger partial charge in [-0.05, 0) is 30.2 Å². The van der Waals surface area contributed by atoms with Gasteiger partial charge in [-0.1, -0.05) is 42.5 Å². The summed E-state index contributed by atoms with van der Waals surface area (Å²) in [4.78, 5) is 23.8. The minimum atomic E-state index is -1.14. The predicted molar refractivity (Wildman–Crippen MR) is 104 cm³/mol. The van der Waals surface area contributed by atoms with E-state index in [4.69, 9.17) is 10.2 Å². The van der Waals surface area contributed by atoms with Crippen LogP contribution >= 0.6 is 0 Å². The highest BCUT2D eigenvalue weighted by molar-refractivity contribution is 5.81. The Morgan fingerprint density at radius 1 is 0.963 bits per heavy atom. The topological polar surface area (TPSA) is 93.4 Å². The number of anilines is 1. The lowest BCUT2D eigenvalue weighted by Gasteiger charge is -2.23. The third-order valence-corrected chi connectivity index (χ3v) is 3.86. The molecule has 142 valence electrons. The molecule has 0 fully saturated rings. The molecule has 0 saturated heterocycles. The van der Waals surface area contributed by atoms with Crippen molar-refractivity contribution in [2.24, 2.45) is 5.10 Å². The number of carboxylic acid groups (broad SMARTS) is 2. The van der Waals surface area contributed by atoms with Crippen LogP contribution in [0, 0.1) is 0 Å². The lowest BCUT2D eigenvalue weighted by molar-refractivity contribution is -0.141. The van der Waals surface area contributed by atoms with Crippen molar-refractivity contribution >= 4 is 23.8 Å². The second kappa shape index (κ2) is 9.96. The zero-order valence-electron chi connectivity index (χ0n) is 15.2. The first-order valence-electron chi connectivity index (χ1n) is 8.59. The van der Waals surface area contributed by atoms with Gasteiger partial charge in [0.2, 0.25) is 0 Å². The summed E-state index contributed by atoms with van der Waals surface area (Å²) in [5, 5.41) is 22.6. The minimum absolute atomic E-state index is 0.471. The standard InChI is InChI=1S/C20H23N3O4/c1-2-22(13-17-6-4-3-5-7-17)18-10-8-16(9-11-18)12-21-23(14-19(24)25)15-20(26)27/h3-12H,2,13-15H2,1H3,(H,24,25)(H,26,27)/b21-12-. The fourth-order valence-corrected chi connectivity index (χ4v) is 2.56. The molecule has 2 aromatic carbocycles. The summed E-state index contributed by atoms with van der Waals surface area (Å²) < 4.78 is 0. The second-order valence-electron chi connectivity index (χ2n) is 5.95. The maximum atomic E-state index is 10.8. The largest absolute Gasteiger partial charge is 0.480 e. The van der Waals surface area contributed by atoms with Crippen LogP contribution in [0.5, 0.6) is 0 Å². The number of aliphatic carboxylic acids is 2. The van der Waals surface area contributed by atoms with E-state index in [-0.39, 0.29) is 0 Å². The molecule has 0 aliphatic carbocycles. The molecule has 0 bridgehead atoms. The van der Waals surface area contributed by atoms with Crippen LogP contribution in [0.4, 0.5) is 5.69 Å². The molecular weight excluding hydrogens is 346 g/mol. The van der Waals surface area contributed by atoms with Crippen molar-refractivity contribution in [2.45, 2.75) is 13.5 Å². The van der Waals surface area contributed by atoms with Gasteiger partial charge in [0.15, 0.2) is 0 Å². The zero-order chi connectivity index (χ0) is 19.6. The van der Waals surface area contributed by atoms with E-state index in [0.717, 1.165) is 29.3 Å². The first kappa shape index (κ1) is 20.0. The van der Waals surface area contributed by atoms with E-state index >= 15 is 0 Å². The van der Waals surface area contributed by atoms with Crippen LogP contribution in [-0.2, 0) is 16.1 Å². The molecule has 0 saturated carbocycles. The molecule has 2 N–H and O–H groups in total. The van der Waals surface area contributed by atoms with E-state index < -0.39 is 25.0 Å². The molecule has 2 aromatic rings. The quantitative estimate of drug-likeness (QED) is 0.494. The summed E-state index contributed by atoms with van der Waals surface area (Å²) in [6.07, 6.45) is 1.46. The molecule has 7 nitrogen and oxygen atoms in total. The summed E-state index contributed by atoms with van der Waals surface area (Å²) >= 11 is 0. The Morgan fingerprint density at radius 3 is 2.07 bits per heavy atom. The van der Waals surface area contributed by atoms with Gasteiger partial charge in [0.1, 0.15) is 13.1 Å². The van der Waals surface area contributed by atoms with E-state index in [1.54, 1.807) is 0 Å². The number of carboxylic acids is 2. The van der Waals surface area contributed by atoms with Crippen LogP contribution < -0.4 is 4.90 Å². The molecule has 0 aromatic heterocycles. The van der Waals surface area contributed by atoms with Crippen LogP contribution in [0.1, 0.15) is 18.1 Å². The lowest BCUT2D eigenvalue weighted by atomic mass is 10.1. The summed E-state index contributed by atoms with van der Waals surface area (Å²) in [6.45, 7) is 2.81. The molecular formula is C20H23N3O4. The highest BCUT2D eigenvalue weighted by atomic mass is 16.4. The Bertz CT molecular complexity index is 760. The van der Waals surface area contributed by atoms with Gasteiger partial charge in [-0.2, -0.15) is 5.10 Å². The third-order valence-electron chi connectivity index (χ3n) is 3.86. The Labute approximate surface area is 158 Å². The average Bonchev–Trinajstić information content (AvgIpc) is 2.64. The van der Waals surface area contributed by atoms with Gasteiger partial charge in [0.25, 0.3) is 0 Å². The number of hydrogen-bond donors (Lipinski definition) is 2. The van der Waals surface area contributed by atoms with Crippen LogP contribution in [0.2, 0.25) is 0 Å². The van der Waals surface area contributed by atoms with Gasteiger partial charge >= 0.3 is 11.9 Å². The second-order valence-corrected chi connectivity index (χ2v) is 5.95. The molecule has 0 spiro atoms. The zero-order valence-corrected chi connectivity index (χ0v) is 15.2. The fraction of sp³-hybridized carbons (Fsp3) is 0.250. The van der Waals surface area contributed by atoms with E-state index in [2.05, 4.69) is 29.1 Å². The number of rotatable bonds is 10. The Hall–Kier alpha value is -3.35. The van der Waals surface area contributed by atoms with Crippen LogP contribution in [0.25, 0.3) is 0 Å². The van der Waals surface area contributed by atoms with Crippen LogP contribution in [-0.4, -0.2) is 53.0 Å². The van der Waals surface area contributed by atoms with E-state index in [0.29, 0.717) is 0 Å². The van der Waals surface area contributed by atoms with Gasteiger partial charge in [-0.3, -0.25) is 14.6 Å². The van der Waals surface area contributed by atoms with Crippen molar-refractivity contribution in [3.8, 4) is 0 Å². The molecule has 0 aliphatic rings. The smallest absolute Gasteiger partial charge is 0.324 e. The highest BCUT2D eigenvalue weighted by Gasteiger charge is 2.10. The lowest BCUT2D eigenvalue weighted by Crippen LogP contribution is -2.30. The summed E-state index contributed by atoms with van der Waals surface area (Å²) in [6, 6.07) is 17.9. The van der Waals surface area contributed by atoms with E-state index in [1.807, 2.05) is 42.5 Å². The highest BCUT2D eigenvalue weighted by Crippen LogP contribution is 2.17. The molecule has 0 unspecified atom stereocenters. The molecule has 0 atom stereocenters. The molecule has 2 rings (SSSR count). The maximum absolute atomic E-state index is 10.8. The molecule has 7 heteroatoms. The van der Waals surface area contributed by atoms with Crippen molar-refractivity contribution in [1.82, 2.24) is 5.01 Å². The number of carbonyl (C=O) groups is 2. The fourth-order valence-electron chi connectivity index (χ4n) is 2.56. The van der Waals surface area contributed by atoms with E-state index in [9.17, 15) is 9.59 Å². The monoisotopic (exact) mass is 369 g/mol. The summed E-state index contributed by atoms with van der Waals surface area (Å²) in [5.74, 6) is -2.27. The first-order chi connectivity index (χ1) is 13.0. The van der Waals surface area contributed by atoms with E-state index in [1.165, 1.54) is 11.8 Å². The van der Waals surface area contributed by atoms with Crippen molar-refractivity contribution < 1.29 is 19.8 Å². The molecule has 0 heterocycles. The van der Waals surface area contributed by atoms with Crippen molar-refractivity contribution in [3.63, 3.8) is 0 Å². The van der Waals surface area contributed by atoms with Gasteiger partial charge in [-0.15, -0.1) is 0 Å². The maximum Gasteiger partial charge on any atom is 0.324 e. The summed E-state index contributed by atoms with van der Waals surface area (Å²) in [7, 11) is 0. The number of hydrazone groups is 1. The average molecular weight is 369 g/mol. The number of nitrogens with zero attached hydrogens (tertiary/aromatic N) is 3. The Kier molecular flexibility index (Phi) is 7.37. The molecule has 27 heavy (non-hydrogen) atoms. The van der Waals surface area contributed by atoms with Gasteiger partial charge in [0.05, 0.1) is 6.21 Å². The number of hydrogen-bond acceptors (Lipinski definition) is 5.